The molecule has 0 unspecified atom stereocenters. The average molecular weight is 425 g/mol. The number of ether oxygens (including phenoxy) is 1. The summed E-state index contributed by atoms with van der Waals surface area (Å²) in [5.74, 6) is 0.161. The van der Waals surface area contributed by atoms with Gasteiger partial charge in [0, 0.05) is 27.9 Å². The molecule has 0 amide bonds. The lowest BCUT2D eigenvalue weighted by molar-refractivity contribution is -0.130. The quantitative estimate of drug-likeness (QED) is 0.290. The number of benzene rings is 3. The van der Waals surface area contributed by atoms with E-state index in [4.69, 9.17) is 21.4 Å². The second-order valence-corrected chi connectivity index (χ2v) is 7.52. The molecule has 31 heavy (non-hydrogen) atoms. The molecule has 0 N–H and O–H groups in total. The normalized spacial score (nSPS) is 14.5. The summed E-state index contributed by atoms with van der Waals surface area (Å²) in [6.45, 7) is 0. The van der Waals surface area contributed by atoms with Crippen LogP contribution in [0.15, 0.2) is 103 Å². The topological polar surface area (TPSA) is 44.1 Å². The van der Waals surface area contributed by atoms with Gasteiger partial charge in [-0.3, -0.25) is 0 Å². The molecular formula is C26H17ClN2O2. The number of hydrogen-bond acceptors (Lipinski definition) is 3. The van der Waals surface area contributed by atoms with Gasteiger partial charge in [-0.1, -0.05) is 72.3 Å². The van der Waals surface area contributed by atoms with Crippen LogP contribution in [0, 0.1) is 0 Å². The summed E-state index contributed by atoms with van der Waals surface area (Å²) >= 11 is 6.06. The fraction of sp³-hybridized carbons (Fsp3) is 0. The van der Waals surface area contributed by atoms with Gasteiger partial charge in [-0.05, 0) is 36.4 Å². The molecule has 0 atom stereocenters. The van der Waals surface area contributed by atoms with Crippen molar-refractivity contribution in [2.45, 2.75) is 0 Å². The van der Waals surface area contributed by atoms with Crippen molar-refractivity contribution in [1.82, 2.24) is 9.78 Å². The van der Waals surface area contributed by atoms with E-state index in [1.165, 1.54) is 0 Å². The number of aromatic nitrogens is 2. The summed E-state index contributed by atoms with van der Waals surface area (Å²) in [5, 5.41) is 5.43. The Morgan fingerprint density at radius 2 is 1.52 bits per heavy atom. The maximum atomic E-state index is 12.5. The van der Waals surface area contributed by atoms with Crippen molar-refractivity contribution in [2.24, 2.45) is 0 Å². The van der Waals surface area contributed by atoms with Crippen LogP contribution in [0.2, 0.25) is 5.02 Å². The molecule has 0 radical (unpaired) electrons. The first-order valence-electron chi connectivity index (χ1n) is 9.79. The molecule has 150 valence electrons. The van der Waals surface area contributed by atoms with Gasteiger partial charge in [0.25, 0.3) is 0 Å². The Labute approximate surface area is 184 Å². The van der Waals surface area contributed by atoms with Crippen LogP contribution in [0.4, 0.5) is 0 Å². The first-order valence-corrected chi connectivity index (χ1v) is 10.2. The SMILES string of the molecule is O=C1OC(c2ccccc2)=CC1=Cc1cn(-c2ccccc2)nc1-c1ccc(Cl)cc1. The van der Waals surface area contributed by atoms with Crippen molar-refractivity contribution in [1.29, 1.82) is 0 Å². The number of para-hydroxylation sites is 1. The van der Waals surface area contributed by atoms with Crippen LogP contribution in [0.5, 0.6) is 0 Å². The number of nitrogens with zero attached hydrogens (tertiary/aromatic N) is 2. The van der Waals surface area contributed by atoms with Crippen LogP contribution in [-0.4, -0.2) is 15.7 Å². The molecule has 0 saturated carbocycles. The van der Waals surface area contributed by atoms with Crippen LogP contribution in [-0.2, 0) is 9.53 Å². The van der Waals surface area contributed by atoms with E-state index >= 15 is 0 Å². The van der Waals surface area contributed by atoms with Gasteiger partial charge >= 0.3 is 5.97 Å². The summed E-state index contributed by atoms with van der Waals surface area (Å²) < 4.78 is 7.30. The number of cyclic esters (lactones) is 1. The van der Waals surface area contributed by atoms with Gasteiger partial charge < -0.3 is 4.74 Å². The summed E-state index contributed by atoms with van der Waals surface area (Å²) in [7, 11) is 0. The Hall–Kier alpha value is -3.89. The molecule has 1 aromatic heterocycles. The monoisotopic (exact) mass is 424 g/mol. The highest BCUT2D eigenvalue weighted by Gasteiger charge is 2.23. The Bertz CT molecular complexity index is 1300. The molecule has 4 aromatic rings. The predicted octanol–water partition coefficient (Wildman–Crippen LogP) is 6.17. The lowest BCUT2D eigenvalue weighted by atomic mass is 10.1. The fourth-order valence-electron chi connectivity index (χ4n) is 3.44. The Balaban J connectivity index is 1.61. The Morgan fingerprint density at radius 3 is 2.23 bits per heavy atom. The van der Waals surface area contributed by atoms with Crippen LogP contribution in [0.3, 0.4) is 0 Å². The summed E-state index contributed by atoms with van der Waals surface area (Å²) in [6.07, 6.45) is 5.49. The lowest BCUT2D eigenvalue weighted by Gasteiger charge is -2.01. The number of rotatable bonds is 4. The maximum Gasteiger partial charge on any atom is 0.343 e. The van der Waals surface area contributed by atoms with Crippen molar-refractivity contribution >= 4 is 29.4 Å². The molecule has 5 rings (SSSR count). The molecule has 4 nitrogen and oxygen atoms in total. The summed E-state index contributed by atoms with van der Waals surface area (Å²) in [4.78, 5) is 12.5. The van der Waals surface area contributed by atoms with E-state index in [-0.39, 0.29) is 5.97 Å². The second kappa shape index (κ2) is 8.09. The molecule has 1 aliphatic heterocycles. The maximum absolute atomic E-state index is 12.5. The van der Waals surface area contributed by atoms with E-state index in [0.717, 1.165) is 28.1 Å². The third-order valence-electron chi connectivity index (χ3n) is 4.98. The Kier molecular flexibility index (Phi) is 4.98. The zero-order valence-electron chi connectivity index (χ0n) is 16.4. The van der Waals surface area contributed by atoms with E-state index in [9.17, 15) is 4.79 Å². The number of hydrogen-bond donors (Lipinski definition) is 0. The van der Waals surface area contributed by atoms with Crippen LogP contribution in [0.25, 0.3) is 28.8 Å². The van der Waals surface area contributed by atoms with Crippen LogP contribution < -0.4 is 0 Å². The van der Waals surface area contributed by atoms with Crippen LogP contribution >= 0.6 is 11.6 Å². The zero-order valence-corrected chi connectivity index (χ0v) is 17.2. The van der Waals surface area contributed by atoms with E-state index < -0.39 is 0 Å². The number of carbonyl (C=O) groups excluding carboxylic acids is 1. The van der Waals surface area contributed by atoms with Crippen molar-refractivity contribution in [2.75, 3.05) is 0 Å². The number of esters is 1. The molecule has 0 saturated heterocycles. The first-order chi connectivity index (χ1) is 15.2. The molecule has 0 bridgehead atoms. The fourth-order valence-corrected chi connectivity index (χ4v) is 3.57. The molecule has 0 fully saturated rings. The highest BCUT2D eigenvalue weighted by molar-refractivity contribution is 6.30. The summed E-state index contributed by atoms with van der Waals surface area (Å²) in [6, 6.07) is 26.9. The first kappa shape index (κ1) is 19.1. The third kappa shape index (κ3) is 3.93. The van der Waals surface area contributed by atoms with Crippen molar-refractivity contribution in [3.8, 4) is 16.9 Å². The standard InChI is InChI=1S/C26H17ClN2O2/c27-22-13-11-19(12-14-22)25-21(17-29(28-25)23-9-5-2-6-10-23)15-20-16-24(31-26(20)30)18-7-3-1-4-8-18/h1-17H. The molecular weight excluding hydrogens is 408 g/mol. The number of carbonyl (C=O) groups is 1. The molecule has 3 aromatic carbocycles. The van der Waals surface area contributed by atoms with Crippen LogP contribution in [0.1, 0.15) is 11.1 Å². The molecule has 0 spiro atoms. The van der Waals surface area contributed by atoms with E-state index in [2.05, 4.69) is 0 Å². The lowest BCUT2D eigenvalue weighted by Crippen LogP contribution is -1.97. The molecule has 1 aliphatic rings. The Morgan fingerprint density at radius 1 is 0.839 bits per heavy atom. The van der Waals surface area contributed by atoms with Gasteiger partial charge in [-0.25, -0.2) is 9.48 Å². The summed E-state index contributed by atoms with van der Waals surface area (Å²) in [5.41, 5.74) is 4.73. The molecule has 5 heteroatoms. The van der Waals surface area contributed by atoms with Gasteiger partial charge in [-0.15, -0.1) is 0 Å². The minimum atomic E-state index is -0.381. The zero-order chi connectivity index (χ0) is 21.2. The minimum absolute atomic E-state index is 0.381. The van der Waals surface area contributed by atoms with Gasteiger partial charge in [0.05, 0.1) is 17.0 Å². The van der Waals surface area contributed by atoms with Gasteiger partial charge in [0.15, 0.2) is 0 Å². The minimum Gasteiger partial charge on any atom is -0.422 e. The van der Waals surface area contributed by atoms with Crippen molar-refractivity contribution in [3.63, 3.8) is 0 Å². The number of halogens is 1. The van der Waals surface area contributed by atoms with Gasteiger partial charge in [-0.2, -0.15) is 5.10 Å². The van der Waals surface area contributed by atoms with E-state index in [1.54, 1.807) is 10.8 Å². The molecule has 0 aliphatic carbocycles. The van der Waals surface area contributed by atoms with Crippen molar-refractivity contribution in [3.05, 3.63) is 119 Å². The smallest absolute Gasteiger partial charge is 0.343 e. The highest BCUT2D eigenvalue weighted by atomic mass is 35.5. The van der Waals surface area contributed by atoms with Gasteiger partial charge in [0.2, 0.25) is 0 Å². The highest BCUT2D eigenvalue weighted by Crippen LogP contribution is 2.31. The third-order valence-corrected chi connectivity index (χ3v) is 5.23. The average Bonchev–Trinajstić information content (AvgIpc) is 3.40. The van der Waals surface area contributed by atoms with Crippen molar-refractivity contribution < 1.29 is 9.53 Å². The largest absolute Gasteiger partial charge is 0.422 e. The van der Waals surface area contributed by atoms with E-state index in [0.29, 0.717) is 16.4 Å². The van der Waals surface area contributed by atoms with E-state index in [1.807, 2.05) is 97.2 Å². The molecule has 2 heterocycles. The van der Waals surface area contributed by atoms with Gasteiger partial charge in [0.1, 0.15) is 5.76 Å². The second-order valence-electron chi connectivity index (χ2n) is 7.08. The predicted molar refractivity (Wildman–Crippen MR) is 122 cm³/mol.